The van der Waals surface area contributed by atoms with Gasteiger partial charge in [0.1, 0.15) is 0 Å². The lowest BCUT2D eigenvalue weighted by atomic mass is 9.73. The molecule has 1 heteroatoms. The highest BCUT2D eigenvalue weighted by atomic mass is 15.2. The molecule has 9 aromatic rings. The number of nitrogens with zero attached hydrogens (tertiary/aromatic N) is 1. The van der Waals surface area contributed by atoms with Crippen LogP contribution in [0.25, 0.3) is 65.7 Å². The van der Waals surface area contributed by atoms with E-state index >= 15 is 0 Å². The smallest absolute Gasteiger partial charge is 0.0502 e. The lowest BCUT2D eigenvalue weighted by Crippen LogP contribution is -2.30. The first-order chi connectivity index (χ1) is 25.6. The largest absolute Gasteiger partial charge is 0.310 e. The van der Waals surface area contributed by atoms with Gasteiger partial charge in [0.05, 0.1) is 11.4 Å². The molecule has 10 rings (SSSR count). The summed E-state index contributed by atoms with van der Waals surface area (Å²) >= 11 is 0. The molecule has 1 aliphatic heterocycles. The van der Waals surface area contributed by atoms with E-state index in [1.807, 2.05) is 0 Å². The van der Waals surface area contributed by atoms with Crippen LogP contribution in [0, 0.1) is 0 Å². The van der Waals surface area contributed by atoms with Crippen molar-refractivity contribution < 1.29 is 0 Å². The fourth-order valence-corrected chi connectivity index (χ4v) is 8.82. The first-order valence-corrected chi connectivity index (χ1v) is 18.2. The minimum atomic E-state index is -0.0965. The number of anilines is 3. The minimum absolute atomic E-state index is 0.0965. The highest BCUT2D eigenvalue weighted by molar-refractivity contribution is 6.33. The van der Waals surface area contributed by atoms with E-state index in [4.69, 9.17) is 0 Å². The molecule has 0 unspecified atom stereocenters. The third kappa shape index (κ3) is 4.56. The molecule has 1 nitrogen and oxygen atoms in total. The van der Waals surface area contributed by atoms with Gasteiger partial charge in [0, 0.05) is 11.1 Å². The average molecular weight is 664 g/mol. The highest BCUT2D eigenvalue weighted by Gasteiger charge is 2.36. The Morgan fingerprint density at radius 1 is 0.365 bits per heavy atom. The molecule has 0 amide bonds. The molecule has 0 spiro atoms. The van der Waals surface area contributed by atoms with E-state index in [-0.39, 0.29) is 5.41 Å². The van der Waals surface area contributed by atoms with Gasteiger partial charge in [0.15, 0.2) is 0 Å². The van der Waals surface area contributed by atoms with Gasteiger partial charge in [0.25, 0.3) is 0 Å². The predicted molar refractivity (Wildman–Crippen MR) is 222 cm³/mol. The summed E-state index contributed by atoms with van der Waals surface area (Å²) in [7, 11) is 0. The van der Waals surface area contributed by atoms with Crippen molar-refractivity contribution in [2.45, 2.75) is 19.3 Å². The lowest BCUT2D eigenvalue weighted by molar-refractivity contribution is 0.632. The maximum Gasteiger partial charge on any atom is 0.0502 e. The summed E-state index contributed by atoms with van der Waals surface area (Å²) < 4.78 is 0. The first kappa shape index (κ1) is 30.4. The molecule has 9 aromatic carbocycles. The Kier molecular flexibility index (Phi) is 6.91. The number of hydrogen-bond donors (Lipinski definition) is 0. The summed E-state index contributed by atoms with van der Waals surface area (Å²) in [6, 6.07) is 69.2. The summed E-state index contributed by atoms with van der Waals surface area (Å²) in [5.74, 6) is 0. The number of benzene rings is 9. The van der Waals surface area contributed by atoms with Crippen LogP contribution in [-0.2, 0) is 5.41 Å². The van der Waals surface area contributed by atoms with Gasteiger partial charge in [0.2, 0.25) is 0 Å². The Morgan fingerprint density at radius 3 is 1.38 bits per heavy atom. The van der Waals surface area contributed by atoms with Crippen molar-refractivity contribution in [3.8, 4) is 33.4 Å². The predicted octanol–water partition coefficient (Wildman–Crippen LogP) is 14.3. The van der Waals surface area contributed by atoms with Gasteiger partial charge in [-0.3, -0.25) is 0 Å². The SMILES string of the molecule is CC1(C)c2ccccc2N(c2ccc(-c3cc(-c4ccccc4)c(-c4ccccc4)c4c5ccccc5c5ccccc5c34)cc2)c2ccccc21. The first-order valence-electron chi connectivity index (χ1n) is 18.2. The topological polar surface area (TPSA) is 3.24 Å². The summed E-state index contributed by atoms with van der Waals surface area (Å²) in [6.45, 7) is 4.68. The zero-order chi connectivity index (χ0) is 34.8. The van der Waals surface area contributed by atoms with Crippen molar-refractivity contribution >= 4 is 49.4 Å². The highest BCUT2D eigenvalue weighted by Crippen LogP contribution is 2.53. The van der Waals surface area contributed by atoms with Gasteiger partial charge in [-0.2, -0.15) is 0 Å². The molecule has 52 heavy (non-hydrogen) atoms. The van der Waals surface area contributed by atoms with E-state index < -0.39 is 0 Å². The van der Waals surface area contributed by atoms with E-state index in [1.165, 1.54) is 88.2 Å². The van der Waals surface area contributed by atoms with Gasteiger partial charge in [-0.05, 0) is 107 Å². The quantitative estimate of drug-likeness (QED) is 0.169. The van der Waals surface area contributed by atoms with Crippen LogP contribution in [-0.4, -0.2) is 0 Å². The standard InChI is InChI=1S/C51H37N/c1-51(2)44-25-13-15-27-46(44)52(47-28-16-14-26-45(47)51)37-31-29-35(30-32-37)43-33-42(34-17-5-3-6-18-34)48(36-19-7-4-8-20-36)50-41-24-12-10-22-39(41)38-21-9-11-23-40(38)49(43)50/h3-33H,1-2H3. The van der Waals surface area contributed by atoms with Crippen molar-refractivity contribution in [3.05, 3.63) is 199 Å². The second kappa shape index (κ2) is 11.8. The van der Waals surface area contributed by atoms with Gasteiger partial charge >= 0.3 is 0 Å². The van der Waals surface area contributed by atoms with Crippen molar-refractivity contribution in [1.29, 1.82) is 0 Å². The van der Waals surface area contributed by atoms with Crippen LogP contribution in [0.4, 0.5) is 17.1 Å². The molecule has 0 bridgehead atoms. The fraction of sp³-hybridized carbons (Fsp3) is 0.0588. The Balaban J connectivity index is 1.28. The number of rotatable bonds is 4. The summed E-state index contributed by atoms with van der Waals surface area (Å²) in [5, 5.41) is 7.68. The summed E-state index contributed by atoms with van der Waals surface area (Å²) in [6.07, 6.45) is 0. The summed E-state index contributed by atoms with van der Waals surface area (Å²) in [5.41, 5.74) is 13.6. The molecule has 246 valence electrons. The van der Waals surface area contributed by atoms with E-state index in [9.17, 15) is 0 Å². The molecule has 0 saturated heterocycles. The second-order valence-corrected chi connectivity index (χ2v) is 14.5. The monoisotopic (exact) mass is 663 g/mol. The molecule has 0 aliphatic carbocycles. The van der Waals surface area contributed by atoms with Crippen LogP contribution < -0.4 is 4.90 Å². The van der Waals surface area contributed by atoms with Gasteiger partial charge in [-0.15, -0.1) is 0 Å². The van der Waals surface area contributed by atoms with Crippen LogP contribution in [0.15, 0.2) is 188 Å². The second-order valence-electron chi connectivity index (χ2n) is 14.5. The molecule has 0 fully saturated rings. The third-order valence-corrected chi connectivity index (χ3v) is 11.2. The number of hydrogen-bond acceptors (Lipinski definition) is 1. The average Bonchev–Trinajstić information content (AvgIpc) is 3.21. The Hall–Kier alpha value is -6.44. The van der Waals surface area contributed by atoms with E-state index in [2.05, 4.69) is 207 Å². The van der Waals surface area contributed by atoms with Crippen LogP contribution in [0.5, 0.6) is 0 Å². The Bertz CT molecular complexity index is 2740. The maximum atomic E-state index is 2.45. The van der Waals surface area contributed by atoms with E-state index in [1.54, 1.807) is 0 Å². The molecule has 1 heterocycles. The number of para-hydroxylation sites is 2. The van der Waals surface area contributed by atoms with E-state index in [0.29, 0.717) is 0 Å². The molecular weight excluding hydrogens is 627 g/mol. The van der Waals surface area contributed by atoms with Crippen LogP contribution in [0.3, 0.4) is 0 Å². The van der Waals surface area contributed by atoms with Crippen molar-refractivity contribution in [2.75, 3.05) is 4.90 Å². The normalized spacial score (nSPS) is 13.3. The zero-order valence-corrected chi connectivity index (χ0v) is 29.3. The number of fused-ring (bicyclic) bond motifs is 8. The molecule has 0 aromatic heterocycles. The van der Waals surface area contributed by atoms with Crippen molar-refractivity contribution in [2.24, 2.45) is 0 Å². The molecule has 0 radical (unpaired) electrons. The lowest BCUT2D eigenvalue weighted by Gasteiger charge is -2.42. The van der Waals surface area contributed by atoms with Gasteiger partial charge in [-0.25, -0.2) is 0 Å². The van der Waals surface area contributed by atoms with Gasteiger partial charge in [-0.1, -0.05) is 172 Å². The van der Waals surface area contributed by atoms with Crippen molar-refractivity contribution in [3.63, 3.8) is 0 Å². The van der Waals surface area contributed by atoms with Crippen molar-refractivity contribution in [1.82, 2.24) is 0 Å². The van der Waals surface area contributed by atoms with E-state index in [0.717, 1.165) is 5.69 Å². The molecule has 0 N–H and O–H groups in total. The zero-order valence-electron chi connectivity index (χ0n) is 29.3. The van der Waals surface area contributed by atoms with Crippen LogP contribution in [0.2, 0.25) is 0 Å². The van der Waals surface area contributed by atoms with Crippen LogP contribution in [0.1, 0.15) is 25.0 Å². The summed E-state index contributed by atoms with van der Waals surface area (Å²) in [4.78, 5) is 2.44. The fourth-order valence-electron chi connectivity index (χ4n) is 8.82. The Labute approximate surface area is 305 Å². The molecule has 1 aliphatic rings. The minimum Gasteiger partial charge on any atom is -0.310 e. The molecular formula is C51H37N. The molecule has 0 saturated carbocycles. The third-order valence-electron chi connectivity index (χ3n) is 11.2. The van der Waals surface area contributed by atoms with Gasteiger partial charge < -0.3 is 4.90 Å². The maximum absolute atomic E-state index is 2.45. The van der Waals surface area contributed by atoms with Crippen LogP contribution >= 0.6 is 0 Å². The molecule has 0 atom stereocenters. The Morgan fingerprint density at radius 2 is 0.808 bits per heavy atom.